The molecule has 1 unspecified atom stereocenters. The van der Waals surface area contributed by atoms with Crippen molar-refractivity contribution < 1.29 is 58.2 Å². The summed E-state index contributed by atoms with van der Waals surface area (Å²) in [5.74, 6) is 0. The largest absolute Gasteiger partial charge is 1.00 e. The van der Waals surface area contributed by atoms with Gasteiger partial charge >= 0.3 is 58.2 Å². The zero-order valence-electron chi connectivity index (χ0n) is 6.30. The predicted molar refractivity (Wildman–Crippen MR) is 34.4 cm³/mol. The predicted octanol–water partition coefficient (Wildman–Crippen LogP) is -3.14. The molecule has 1 saturated heterocycles. The molecule has 1 aliphatic rings. The zero-order chi connectivity index (χ0) is 5.98. The molecule has 48 valence electrons. The second-order valence-corrected chi connectivity index (χ2v) is 2.31. The van der Waals surface area contributed by atoms with Crippen LogP contribution in [0.3, 0.4) is 0 Å². The molecule has 9 heavy (non-hydrogen) atoms. The summed E-state index contributed by atoms with van der Waals surface area (Å²) in [6, 6.07) is 0.551. The van der Waals surface area contributed by atoms with Gasteiger partial charge in [-0.05, 0) is 20.1 Å². The van der Waals surface area contributed by atoms with Crippen LogP contribution in [0, 0.1) is 6.42 Å². The van der Waals surface area contributed by atoms with Crippen LogP contribution < -0.4 is 63.9 Å². The van der Waals surface area contributed by atoms with Gasteiger partial charge < -0.3 is 17.1 Å². The quantitative estimate of drug-likeness (QED) is 0.452. The zero-order valence-corrected chi connectivity index (χ0v) is 11.2. The molecule has 0 aromatic heterocycles. The van der Waals surface area contributed by atoms with E-state index in [1.54, 1.807) is 0 Å². The van der Waals surface area contributed by atoms with Gasteiger partial charge in [-0.2, -0.15) is 6.42 Å². The van der Waals surface area contributed by atoms with Gasteiger partial charge in [0.1, 0.15) is 0 Å². The summed E-state index contributed by atoms with van der Waals surface area (Å²) in [7, 11) is 2.11. The number of hydrogen-bond acceptors (Lipinski definition) is 2. The average molecular weight is 199 g/mol. The van der Waals surface area contributed by atoms with Crippen molar-refractivity contribution in [2.45, 2.75) is 12.5 Å². The van der Waals surface area contributed by atoms with E-state index >= 15 is 0 Å². The maximum atomic E-state index is 5.45. The van der Waals surface area contributed by atoms with Crippen molar-refractivity contribution in [2.24, 2.45) is 5.73 Å². The van der Waals surface area contributed by atoms with Crippen molar-refractivity contribution in [1.82, 2.24) is 4.90 Å². The van der Waals surface area contributed by atoms with Crippen molar-refractivity contribution >= 4 is 0 Å². The van der Waals surface area contributed by atoms with Gasteiger partial charge in [0.15, 0.2) is 0 Å². The van der Waals surface area contributed by atoms with Crippen LogP contribution >= 0.6 is 0 Å². The average Bonchev–Trinajstić information content (AvgIpc) is 2.14. The van der Waals surface area contributed by atoms with Crippen LogP contribution in [0.15, 0.2) is 0 Å². The maximum Gasteiger partial charge on any atom is 1.00 e. The molecule has 1 rings (SSSR count). The van der Waals surface area contributed by atoms with Crippen LogP contribution in [-0.2, 0) is 0 Å². The summed E-state index contributed by atoms with van der Waals surface area (Å²) >= 11 is 0. The fourth-order valence-electron chi connectivity index (χ4n) is 1.09. The third kappa shape index (κ3) is 3.08. The summed E-state index contributed by atoms with van der Waals surface area (Å²) in [5, 5.41) is 0. The summed E-state index contributed by atoms with van der Waals surface area (Å²) in [6.45, 7) is 1.96. The summed E-state index contributed by atoms with van der Waals surface area (Å²) in [4.78, 5) is 2.28. The second kappa shape index (κ2) is 5.39. The van der Waals surface area contributed by atoms with Crippen molar-refractivity contribution in [1.29, 1.82) is 0 Å². The van der Waals surface area contributed by atoms with E-state index in [1.165, 1.54) is 13.0 Å². The van der Waals surface area contributed by atoms with Crippen molar-refractivity contribution in [3.05, 3.63) is 6.42 Å². The first-order valence-corrected chi connectivity index (χ1v) is 3.08. The van der Waals surface area contributed by atoms with Crippen molar-refractivity contribution in [3.63, 3.8) is 0 Å². The molecular formula is C6H13N2Rb. The van der Waals surface area contributed by atoms with E-state index in [0.717, 1.165) is 6.54 Å². The summed E-state index contributed by atoms with van der Waals surface area (Å²) in [6.07, 6.45) is 3.48. The van der Waals surface area contributed by atoms with Gasteiger partial charge in [0.05, 0.1) is 0 Å². The van der Waals surface area contributed by atoms with E-state index in [9.17, 15) is 0 Å². The summed E-state index contributed by atoms with van der Waals surface area (Å²) < 4.78 is 0. The molecular weight excluding hydrogens is 186 g/mol. The van der Waals surface area contributed by atoms with Crippen LogP contribution in [0.25, 0.3) is 0 Å². The molecule has 0 aliphatic carbocycles. The van der Waals surface area contributed by atoms with Crippen LogP contribution in [0.1, 0.15) is 6.42 Å². The monoisotopic (exact) mass is 198 g/mol. The number of nitrogens with zero attached hydrogens (tertiary/aromatic N) is 1. The molecule has 0 bridgehead atoms. The number of nitrogens with two attached hydrogens (primary N) is 1. The third-order valence-electron chi connectivity index (χ3n) is 1.73. The van der Waals surface area contributed by atoms with Crippen molar-refractivity contribution in [2.75, 3.05) is 20.1 Å². The smallest absolute Gasteiger partial charge is 0.334 e. The van der Waals surface area contributed by atoms with Gasteiger partial charge in [-0.25, -0.2) is 0 Å². The molecule has 0 aromatic rings. The molecule has 1 fully saturated rings. The molecule has 0 spiro atoms. The molecule has 3 heteroatoms. The van der Waals surface area contributed by atoms with Gasteiger partial charge in [-0.1, -0.05) is 0 Å². The Bertz CT molecular complexity index is 77.5. The van der Waals surface area contributed by atoms with Crippen LogP contribution in [0.2, 0.25) is 0 Å². The molecule has 0 saturated carbocycles. The summed E-state index contributed by atoms with van der Waals surface area (Å²) in [5.41, 5.74) is 5.45. The van der Waals surface area contributed by atoms with Gasteiger partial charge in [0.25, 0.3) is 0 Å². The Balaban J connectivity index is 0.000000640. The van der Waals surface area contributed by atoms with Crippen LogP contribution in [0.5, 0.6) is 0 Å². The Morgan fingerprint density at radius 2 is 2.44 bits per heavy atom. The van der Waals surface area contributed by atoms with Gasteiger partial charge in [-0.15, -0.1) is 6.04 Å². The molecule has 0 radical (unpaired) electrons. The Hall–Kier alpha value is 1.73. The first kappa shape index (κ1) is 10.7. The van der Waals surface area contributed by atoms with E-state index in [-0.39, 0.29) is 58.2 Å². The van der Waals surface area contributed by atoms with E-state index < -0.39 is 0 Å². The molecule has 1 heterocycles. The molecule has 2 nitrogen and oxygen atoms in total. The standard InChI is InChI=1S/C6H13N2.Rb/c1-8-4-2-3-6(8)5-7;/h3,6H,2,4-5,7H2,1H3;/q-1;+1. The van der Waals surface area contributed by atoms with E-state index in [2.05, 4.69) is 18.4 Å². The normalized spacial score (nSPS) is 28.0. The first-order chi connectivity index (χ1) is 3.84. The molecule has 1 aliphatic heterocycles. The van der Waals surface area contributed by atoms with Gasteiger partial charge in [0.2, 0.25) is 0 Å². The number of rotatable bonds is 1. The molecule has 0 amide bonds. The minimum Gasteiger partial charge on any atom is -0.334 e. The fourth-order valence-corrected chi connectivity index (χ4v) is 1.09. The SMILES string of the molecule is CN1CC[CH-]C1CN.[Rb+]. The van der Waals surface area contributed by atoms with E-state index in [4.69, 9.17) is 5.73 Å². The number of likely N-dealkylation sites (N-methyl/N-ethyl adjacent to an activating group) is 1. The molecule has 1 atom stereocenters. The minimum absolute atomic E-state index is 0. The topological polar surface area (TPSA) is 29.3 Å². The third-order valence-corrected chi connectivity index (χ3v) is 1.73. The molecule has 0 aromatic carbocycles. The molecule has 2 N–H and O–H groups in total. The Kier molecular flexibility index (Phi) is 6.42. The Morgan fingerprint density at radius 3 is 2.67 bits per heavy atom. The first-order valence-electron chi connectivity index (χ1n) is 3.08. The van der Waals surface area contributed by atoms with Gasteiger partial charge in [0, 0.05) is 0 Å². The van der Waals surface area contributed by atoms with Crippen LogP contribution in [0.4, 0.5) is 0 Å². The Labute approximate surface area is 106 Å². The second-order valence-electron chi connectivity index (χ2n) is 2.31. The minimum atomic E-state index is 0. The maximum absolute atomic E-state index is 5.45. The van der Waals surface area contributed by atoms with E-state index in [0.29, 0.717) is 6.04 Å². The van der Waals surface area contributed by atoms with E-state index in [1.807, 2.05) is 0 Å². The number of likely N-dealkylation sites (tertiary alicyclic amines) is 1. The van der Waals surface area contributed by atoms with Gasteiger partial charge in [-0.3, -0.25) is 0 Å². The Morgan fingerprint density at radius 1 is 1.78 bits per heavy atom. The van der Waals surface area contributed by atoms with Crippen LogP contribution in [-0.4, -0.2) is 31.1 Å². The van der Waals surface area contributed by atoms with Crippen molar-refractivity contribution in [3.8, 4) is 0 Å². The fraction of sp³-hybridized carbons (Fsp3) is 0.833. The number of hydrogen-bond donors (Lipinski definition) is 1.